The molecule has 0 unspecified atom stereocenters. The lowest BCUT2D eigenvalue weighted by Gasteiger charge is -2.36. The zero-order valence-electron chi connectivity index (χ0n) is 27.2. The Bertz CT molecular complexity index is 1610. The Balaban J connectivity index is 1.05. The van der Waals surface area contributed by atoms with E-state index in [1.54, 1.807) is 30.2 Å². The molecule has 0 aliphatic carbocycles. The molecule has 2 heterocycles. The fraction of sp³-hybridized carbons (Fsp3) is 0.389. The lowest BCUT2D eigenvalue weighted by Crippen LogP contribution is -2.31. The van der Waals surface area contributed by atoms with E-state index in [-0.39, 0.29) is 30.6 Å². The van der Waals surface area contributed by atoms with Gasteiger partial charge in [-0.3, -0.25) is 9.59 Å². The van der Waals surface area contributed by atoms with E-state index >= 15 is 0 Å². The first-order valence-electron chi connectivity index (χ1n) is 16.3. The number of ether oxygens (including phenoxy) is 2. The molecule has 3 atom stereocenters. The zero-order chi connectivity index (χ0) is 33.7. The van der Waals surface area contributed by atoms with Crippen LogP contribution in [0, 0.1) is 0 Å². The molecule has 254 valence electrons. The quantitative estimate of drug-likeness (QED) is 0.0655. The summed E-state index contributed by atoms with van der Waals surface area (Å²) < 4.78 is 14.8. The molecule has 0 saturated carbocycles. The summed E-state index contributed by atoms with van der Waals surface area (Å²) in [6.07, 6.45) is 5.72. The molecular formula is C36H44N6O5S. The Morgan fingerprint density at radius 2 is 1.60 bits per heavy atom. The number of rotatable bonds is 16. The number of carbonyl (C=O) groups is 2. The summed E-state index contributed by atoms with van der Waals surface area (Å²) >= 11 is 1.60. The normalized spacial score (nSPS) is 17.6. The van der Waals surface area contributed by atoms with Crippen LogP contribution in [-0.4, -0.2) is 43.5 Å². The summed E-state index contributed by atoms with van der Waals surface area (Å²) in [4.78, 5) is 24.6. The van der Waals surface area contributed by atoms with Crippen LogP contribution in [0.15, 0.2) is 84.3 Å². The monoisotopic (exact) mass is 672 g/mol. The predicted octanol–water partition coefficient (Wildman–Crippen LogP) is 5.82. The lowest BCUT2D eigenvalue weighted by molar-refractivity contribution is -0.245. The number of anilines is 2. The molecule has 11 nitrogen and oxygen atoms in total. The van der Waals surface area contributed by atoms with Crippen molar-refractivity contribution in [3.05, 3.63) is 101 Å². The summed E-state index contributed by atoms with van der Waals surface area (Å²) in [6, 6.07) is 23.0. The van der Waals surface area contributed by atoms with Gasteiger partial charge in [-0.25, -0.2) is 0 Å². The van der Waals surface area contributed by atoms with E-state index in [4.69, 9.17) is 15.2 Å². The van der Waals surface area contributed by atoms with Gasteiger partial charge in [0.05, 0.1) is 30.2 Å². The van der Waals surface area contributed by atoms with Crippen molar-refractivity contribution in [1.82, 2.24) is 20.1 Å². The van der Waals surface area contributed by atoms with Crippen molar-refractivity contribution in [2.75, 3.05) is 16.8 Å². The fourth-order valence-corrected chi connectivity index (χ4v) is 6.33. The zero-order valence-corrected chi connectivity index (χ0v) is 28.0. The standard InChI is InChI=1S/C36H44N6O5S/c1-42-24-39-41-36(42)48-23-29-20-32(27-16-14-26(22-43)15-17-27)47-35(46-29)28-18-12-25(13-19-28)21-38-33(44)10-4-2-3-5-11-34(45)40-31-9-7-6-8-30(31)37/h6-9,12-19,24,29,32,35,43H,2-5,10-11,20-23,37H2,1H3,(H,38,44)(H,40,45)/t29-,32+,35+/m0/s1. The van der Waals surface area contributed by atoms with Gasteiger partial charge in [0.2, 0.25) is 11.8 Å². The number of thioether (sulfide) groups is 1. The maximum atomic E-state index is 12.5. The smallest absolute Gasteiger partial charge is 0.224 e. The molecule has 5 N–H and O–H groups in total. The molecule has 1 aliphatic heterocycles. The Hall–Kier alpha value is -4.23. The van der Waals surface area contributed by atoms with Crippen molar-refractivity contribution in [3.8, 4) is 0 Å². The molecule has 48 heavy (non-hydrogen) atoms. The lowest BCUT2D eigenvalue weighted by atomic mass is 10.0. The number of nitrogens with one attached hydrogen (secondary N) is 2. The van der Waals surface area contributed by atoms with Crippen LogP contribution in [0.4, 0.5) is 11.4 Å². The Labute approximate surface area is 285 Å². The summed E-state index contributed by atoms with van der Waals surface area (Å²) in [5.74, 6) is 0.651. The van der Waals surface area contributed by atoms with Gasteiger partial charge in [-0.2, -0.15) is 0 Å². The molecule has 1 aliphatic rings. The molecule has 12 heteroatoms. The number of aryl methyl sites for hydroxylation is 1. The average molecular weight is 673 g/mol. The van der Waals surface area contributed by atoms with Gasteiger partial charge in [0.1, 0.15) is 6.33 Å². The second-order valence-corrected chi connectivity index (χ2v) is 12.9. The average Bonchev–Trinajstić information content (AvgIpc) is 3.53. The van der Waals surface area contributed by atoms with Crippen molar-refractivity contribution in [2.45, 2.75) is 81.8 Å². The van der Waals surface area contributed by atoms with Gasteiger partial charge in [-0.1, -0.05) is 85.3 Å². The molecule has 4 aromatic rings. The number of unbranched alkanes of at least 4 members (excludes halogenated alkanes) is 3. The topological polar surface area (TPSA) is 154 Å². The van der Waals surface area contributed by atoms with E-state index in [1.165, 1.54) is 0 Å². The summed E-state index contributed by atoms with van der Waals surface area (Å²) in [7, 11) is 1.92. The number of nitrogen functional groups attached to an aromatic ring is 1. The summed E-state index contributed by atoms with van der Waals surface area (Å²) in [5, 5.41) is 24.3. The van der Waals surface area contributed by atoms with Gasteiger partial charge >= 0.3 is 0 Å². The number of para-hydroxylation sites is 2. The minimum atomic E-state index is -0.558. The second kappa shape index (κ2) is 17.8. The van der Waals surface area contributed by atoms with E-state index < -0.39 is 6.29 Å². The maximum absolute atomic E-state index is 12.5. The van der Waals surface area contributed by atoms with E-state index in [9.17, 15) is 14.7 Å². The Morgan fingerprint density at radius 3 is 2.29 bits per heavy atom. The number of nitrogens with two attached hydrogens (primary N) is 1. The molecule has 0 bridgehead atoms. The first-order valence-corrected chi connectivity index (χ1v) is 17.3. The number of aliphatic hydroxyl groups excluding tert-OH is 1. The Kier molecular flexibility index (Phi) is 13.0. The third-order valence-corrected chi connectivity index (χ3v) is 9.38. The highest BCUT2D eigenvalue weighted by Crippen LogP contribution is 2.39. The number of hydrogen-bond acceptors (Lipinski definition) is 9. The van der Waals surface area contributed by atoms with Gasteiger partial charge in [0.25, 0.3) is 0 Å². The minimum Gasteiger partial charge on any atom is -0.397 e. The van der Waals surface area contributed by atoms with Crippen LogP contribution < -0.4 is 16.4 Å². The number of benzene rings is 3. The minimum absolute atomic E-state index is 0.00466. The van der Waals surface area contributed by atoms with Crippen LogP contribution in [0.5, 0.6) is 0 Å². The number of nitrogens with zero attached hydrogens (tertiary/aromatic N) is 3. The van der Waals surface area contributed by atoms with Crippen LogP contribution in [0.2, 0.25) is 0 Å². The van der Waals surface area contributed by atoms with Crippen molar-refractivity contribution < 1.29 is 24.2 Å². The van der Waals surface area contributed by atoms with E-state index in [2.05, 4.69) is 20.8 Å². The molecular weight excluding hydrogens is 629 g/mol. The second-order valence-electron chi connectivity index (χ2n) is 12.0. The third kappa shape index (κ3) is 10.4. The van der Waals surface area contributed by atoms with Crippen molar-refractivity contribution >= 4 is 35.0 Å². The number of aromatic nitrogens is 3. The van der Waals surface area contributed by atoms with Crippen LogP contribution in [0.3, 0.4) is 0 Å². The van der Waals surface area contributed by atoms with Crippen molar-refractivity contribution in [3.63, 3.8) is 0 Å². The number of aliphatic hydroxyl groups is 1. The van der Waals surface area contributed by atoms with Crippen LogP contribution in [-0.2, 0) is 39.3 Å². The number of carbonyl (C=O) groups excluding carboxylic acids is 2. The van der Waals surface area contributed by atoms with Gasteiger partial charge in [0.15, 0.2) is 11.4 Å². The predicted molar refractivity (Wildman–Crippen MR) is 186 cm³/mol. The molecule has 0 spiro atoms. The first-order chi connectivity index (χ1) is 23.4. The molecule has 1 fully saturated rings. The fourth-order valence-electron chi connectivity index (χ4n) is 5.42. The van der Waals surface area contributed by atoms with Gasteiger partial charge in [-0.05, 0) is 41.7 Å². The van der Waals surface area contributed by atoms with E-state index in [0.717, 1.165) is 53.1 Å². The largest absolute Gasteiger partial charge is 0.397 e. The molecule has 3 aromatic carbocycles. The van der Waals surface area contributed by atoms with Crippen LogP contribution in [0.1, 0.15) is 79.6 Å². The summed E-state index contributed by atoms with van der Waals surface area (Å²) in [5.41, 5.74) is 10.8. The highest BCUT2D eigenvalue weighted by molar-refractivity contribution is 7.99. The van der Waals surface area contributed by atoms with Crippen molar-refractivity contribution in [1.29, 1.82) is 0 Å². The maximum Gasteiger partial charge on any atom is 0.224 e. The van der Waals surface area contributed by atoms with E-state index in [0.29, 0.717) is 42.9 Å². The molecule has 5 rings (SSSR count). The molecule has 1 aromatic heterocycles. The molecule has 0 radical (unpaired) electrons. The SMILES string of the molecule is Cn1cnnc1SC[C@@H]1C[C@H](c2ccc(CO)cc2)O[C@H](c2ccc(CNC(=O)CCCCCCC(=O)Nc3ccccc3N)cc2)O1. The van der Waals surface area contributed by atoms with Gasteiger partial charge in [-0.15, -0.1) is 10.2 Å². The van der Waals surface area contributed by atoms with Crippen LogP contribution >= 0.6 is 11.8 Å². The Morgan fingerprint density at radius 1 is 0.917 bits per heavy atom. The third-order valence-electron chi connectivity index (χ3n) is 8.22. The van der Waals surface area contributed by atoms with Crippen molar-refractivity contribution in [2.24, 2.45) is 7.05 Å². The van der Waals surface area contributed by atoms with Crippen LogP contribution in [0.25, 0.3) is 0 Å². The van der Waals surface area contributed by atoms with Gasteiger partial charge < -0.3 is 35.5 Å². The van der Waals surface area contributed by atoms with E-state index in [1.807, 2.05) is 72.3 Å². The van der Waals surface area contributed by atoms with Gasteiger partial charge in [0, 0.05) is 44.2 Å². The molecule has 1 saturated heterocycles. The highest BCUT2D eigenvalue weighted by Gasteiger charge is 2.32. The summed E-state index contributed by atoms with van der Waals surface area (Å²) in [6.45, 7) is 0.431. The first kappa shape index (κ1) is 35.1. The number of hydrogen-bond donors (Lipinski definition) is 4. The molecule has 2 amide bonds. The number of amides is 2. The highest BCUT2D eigenvalue weighted by atomic mass is 32.2.